The number of fused-ring (bicyclic) bond motifs is 3. The number of rotatable bonds is 7. The van der Waals surface area contributed by atoms with E-state index in [1.54, 1.807) is 0 Å². The average Bonchev–Trinajstić information content (AvgIpc) is 3.00. The summed E-state index contributed by atoms with van der Waals surface area (Å²) in [6.07, 6.45) is 1.17. The van der Waals surface area contributed by atoms with Crippen molar-refractivity contribution in [2.75, 3.05) is 6.54 Å². The van der Waals surface area contributed by atoms with Crippen molar-refractivity contribution in [3.8, 4) is 0 Å². The van der Waals surface area contributed by atoms with E-state index in [9.17, 15) is 0 Å². The fraction of sp³-hybridized carbons (Fsp3) is 0.250. The van der Waals surface area contributed by atoms with Gasteiger partial charge in [0.1, 0.15) is 0 Å². The fourth-order valence-electron chi connectivity index (χ4n) is 3.78. The van der Waals surface area contributed by atoms with Crippen LogP contribution < -0.4 is 5.32 Å². The molecule has 4 aromatic rings. The van der Waals surface area contributed by atoms with Crippen LogP contribution in [0.5, 0.6) is 0 Å². The molecule has 0 spiro atoms. The molecule has 0 fully saturated rings. The summed E-state index contributed by atoms with van der Waals surface area (Å²) in [6.45, 7) is 5.41. The van der Waals surface area contributed by atoms with Gasteiger partial charge in [-0.1, -0.05) is 73.7 Å². The number of nitrogens with one attached hydrogen (secondary N) is 1. The van der Waals surface area contributed by atoms with Crippen molar-refractivity contribution in [2.45, 2.75) is 26.4 Å². The molecule has 1 N–H and O–H groups in total. The van der Waals surface area contributed by atoms with Gasteiger partial charge in [0.05, 0.1) is 0 Å². The summed E-state index contributed by atoms with van der Waals surface area (Å²) in [5.41, 5.74) is 4.04. The average molecular weight is 342 g/mol. The highest BCUT2D eigenvalue weighted by Gasteiger charge is 2.12. The quantitative estimate of drug-likeness (QED) is 0.432. The Labute approximate surface area is 155 Å². The minimum atomic E-state index is 0.623. The second-order valence-corrected chi connectivity index (χ2v) is 7.20. The zero-order chi connectivity index (χ0) is 17.8. The number of para-hydroxylation sites is 2. The molecule has 1 atom stereocenters. The molecule has 0 saturated heterocycles. The van der Waals surface area contributed by atoms with Crippen LogP contribution in [0.15, 0.2) is 78.9 Å². The van der Waals surface area contributed by atoms with Crippen molar-refractivity contribution in [3.63, 3.8) is 0 Å². The third kappa shape index (κ3) is 3.51. The van der Waals surface area contributed by atoms with Crippen LogP contribution >= 0.6 is 0 Å². The van der Waals surface area contributed by atoms with E-state index < -0.39 is 0 Å². The normalized spacial score (nSPS) is 12.7. The second kappa shape index (κ2) is 7.76. The summed E-state index contributed by atoms with van der Waals surface area (Å²) in [7, 11) is 0. The molecular weight excluding hydrogens is 316 g/mol. The van der Waals surface area contributed by atoms with Crippen LogP contribution in [0.1, 0.15) is 18.9 Å². The molecule has 0 aliphatic rings. The first-order valence-corrected chi connectivity index (χ1v) is 9.53. The molecule has 1 heterocycles. The topological polar surface area (TPSA) is 17.0 Å². The Bertz CT molecular complexity index is 932. The van der Waals surface area contributed by atoms with Crippen LogP contribution in [-0.4, -0.2) is 11.1 Å². The predicted molar refractivity (Wildman–Crippen MR) is 111 cm³/mol. The van der Waals surface area contributed by atoms with Crippen molar-refractivity contribution >= 4 is 21.8 Å². The minimum Gasteiger partial charge on any atom is -0.340 e. The van der Waals surface area contributed by atoms with Gasteiger partial charge in [-0.15, -0.1) is 0 Å². The van der Waals surface area contributed by atoms with Gasteiger partial charge in [0.25, 0.3) is 0 Å². The summed E-state index contributed by atoms with van der Waals surface area (Å²) in [6, 6.07) is 28.1. The van der Waals surface area contributed by atoms with Crippen LogP contribution in [-0.2, 0) is 13.1 Å². The molecule has 0 saturated carbocycles. The molecule has 0 radical (unpaired) electrons. The molecular formula is C24H26N2. The van der Waals surface area contributed by atoms with Crippen molar-refractivity contribution in [3.05, 3.63) is 84.4 Å². The van der Waals surface area contributed by atoms with E-state index in [2.05, 4.69) is 95.7 Å². The van der Waals surface area contributed by atoms with Gasteiger partial charge < -0.3 is 9.88 Å². The van der Waals surface area contributed by atoms with Gasteiger partial charge in [0.2, 0.25) is 0 Å². The molecule has 0 aliphatic heterocycles. The molecule has 2 nitrogen and oxygen atoms in total. The smallest absolute Gasteiger partial charge is 0.0491 e. The number of aromatic nitrogens is 1. The van der Waals surface area contributed by atoms with Gasteiger partial charge >= 0.3 is 0 Å². The summed E-state index contributed by atoms with van der Waals surface area (Å²) in [5.74, 6) is 0.623. The number of hydrogen-bond acceptors (Lipinski definition) is 1. The Balaban J connectivity index is 1.43. The number of benzene rings is 3. The molecule has 2 heteroatoms. The Morgan fingerprint density at radius 3 is 2.00 bits per heavy atom. The lowest BCUT2D eigenvalue weighted by atomic mass is 10.1. The Morgan fingerprint density at radius 1 is 0.769 bits per heavy atom. The lowest BCUT2D eigenvalue weighted by Crippen LogP contribution is -2.19. The van der Waals surface area contributed by atoms with E-state index in [-0.39, 0.29) is 0 Å². The van der Waals surface area contributed by atoms with Gasteiger partial charge in [0, 0.05) is 34.9 Å². The lowest BCUT2D eigenvalue weighted by Gasteiger charge is -2.15. The maximum absolute atomic E-state index is 3.58. The van der Waals surface area contributed by atoms with E-state index in [0.717, 1.165) is 19.6 Å². The highest BCUT2D eigenvalue weighted by atomic mass is 15.0. The third-order valence-corrected chi connectivity index (χ3v) is 5.16. The molecule has 1 unspecified atom stereocenters. The second-order valence-electron chi connectivity index (χ2n) is 7.20. The van der Waals surface area contributed by atoms with Crippen LogP contribution in [0.2, 0.25) is 0 Å². The highest BCUT2D eigenvalue weighted by molar-refractivity contribution is 6.07. The monoisotopic (exact) mass is 342 g/mol. The molecule has 0 amide bonds. The number of nitrogens with zero attached hydrogens (tertiary/aromatic N) is 1. The largest absolute Gasteiger partial charge is 0.340 e. The van der Waals surface area contributed by atoms with Crippen molar-refractivity contribution in [1.29, 1.82) is 0 Å². The van der Waals surface area contributed by atoms with Crippen molar-refractivity contribution < 1.29 is 0 Å². The maximum Gasteiger partial charge on any atom is 0.0491 e. The molecule has 0 aliphatic carbocycles. The molecule has 4 rings (SSSR count). The van der Waals surface area contributed by atoms with Crippen molar-refractivity contribution in [2.24, 2.45) is 5.92 Å². The zero-order valence-corrected chi connectivity index (χ0v) is 15.4. The fourth-order valence-corrected chi connectivity index (χ4v) is 3.78. The van der Waals surface area contributed by atoms with Crippen LogP contribution in [0.3, 0.4) is 0 Å². The summed E-state index contributed by atoms with van der Waals surface area (Å²) < 4.78 is 2.49. The predicted octanol–water partition coefficient (Wildman–Crippen LogP) is 5.61. The summed E-state index contributed by atoms with van der Waals surface area (Å²) in [4.78, 5) is 0. The standard InChI is InChI=1S/C24H26N2/c1-19(15-16-25-17-20-9-3-2-4-10-20)18-26-23-13-7-5-11-21(23)22-12-6-8-14-24(22)26/h2-14,19,25H,15-18H2,1H3. The van der Waals surface area contributed by atoms with E-state index in [1.807, 2.05) is 0 Å². The van der Waals surface area contributed by atoms with Crippen molar-refractivity contribution in [1.82, 2.24) is 9.88 Å². The number of hydrogen-bond donors (Lipinski definition) is 1. The highest BCUT2D eigenvalue weighted by Crippen LogP contribution is 2.29. The molecule has 132 valence electrons. The van der Waals surface area contributed by atoms with E-state index >= 15 is 0 Å². The van der Waals surface area contributed by atoms with Gasteiger partial charge in [-0.2, -0.15) is 0 Å². The lowest BCUT2D eigenvalue weighted by molar-refractivity contribution is 0.447. The minimum absolute atomic E-state index is 0.623. The summed E-state index contributed by atoms with van der Waals surface area (Å²) in [5, 5.41) is 6.29. The van der Waals surface area contributed by atoms with Crippen LogP contribution in [0.4, 0.5) is 0 Å². The summed E-state index contributed by atoms with van der Waals surface area (Å²) >= 11 is 0. The Kier molecular flexibility index (Phi) is 5.03. The first-order chi connectivity index (χ1) is 12.8. The SMILES string of the molecule is CC(CCNCc1ccccc1)Cn1c2ccccc2c2ccccc21. The first kappa shape index (κ1) is 16.9. The third-order valence-electron chi connectivity index (χ3n) is 5.16. The van der Waals surface area contributed by atoms with Gasteiger partial charge in [-0.05, 0) is 36.6 Å². The first-order valence-electron chi connectivity index (χ1n) is 9.53. The molecule has 1 aromatic heterocycles. The van der Waals surface area contributed by atoms with E-state index in [1.165, 1.54) is 33.8 Å². The van der Waals surface area contributed by atoms with E-state index in [0.29, 0.717) is 5.92 Å². The van der Waals surface area contributed by atoms with Gasteiger partial charge in [0.15, 0.2) is 0 Å². The Hall–Kier alpha value is -2.58. The molecule has 0 bridgehead atoms. The van der Waals surface area contributed by atoms with Crippen LogP contribution in [0.25, 0.3) is 21.8 Å². The molecule has 26 heavy (non-hydrogen) atoms. The van der Waals surface area contributed by atoms with Gasteiger partial charge in [-0.3, -0.25) is 0 Å². The zero-order valence-electron chi connectivity index (χ0n) is 15.4. The maximum atomic E-state index is 3.58. The Morgan fingerprint density at radius 2 is 1.35 bits per heavy atom. The molecule has 3 aromatic carbocycles. The van der Waals surface area contributed by atoms with Gasteiger partial charge in [-0.25, -0.2) is 0 Å². The van der Waals surface area contributed by atoms with Crippen LogP contribution in [0, 0.1) is 5.92 Å². The van der Waals surface area contributed by atoms with E-state index in [4.69, 9.17) is 0 Å².